The maximum Gasteiger partial charge on any atom is 0.309 e. The molecule has 1 aromatic carbocycles. The highest BCUT2D eigenvalue weighted by molar-refractivity contribution is 5.79. The van der Waals surface area contributed by atoms with E-state index in [-0.39, 0.29) is 18.0 Å². The van der Waals surface area contributed by atoms with Crippen LogP contribution in [0.15, 0.2) is 30.3 Å². The number of benzene rings is 1. The van der Waals surface area contributed by atoms with E-state index in [0.717, 1.165) is 0 Å². The molecular weight excluding hydrogens is 228 g/mol. The molecule has 1 aromatic rings. The molecular formula is C15H18O3. The van der Waals surface area contributed by atoms with E-state index in [1.54, 1.807) is 7.11 Å². The first kappa shape index (κ1) is 12.8. The average Bonchev–Trinajstić information content (AvgIpc) is 2.67. The first-order valence-electron chi connectivity index (χ1n) is 6.08. The van der Waals surface area contributed by atoms with Gasteiger partial charge in [-0.2, -0.15) is 0 Å². The molecule has 0 bridgehead atoms. The summed E-state index contributed by atoms with van der Waals surface area (Å²) in [5.74, 6) is 0.0464. The molecule has 1 aliphatic rings. The summed E-state index contributed by atoms with van der Waals surface area (Å²) < 4.78 is 10.2. The third kappa shape index (κ3) is 2.18. The number of carbonyl (C=O) groups excluding carboxylic acids is 1. The van der Waals surface area contributed by atoms with Gasteiger partial charge in [-0.25, -0.2) is 0 Å². The maximum absolute atomic E-state index is 11.2. The minimum Gasteiger partial charge on any atom is -0.469 e. The van der Waals surface area contributed by atoms with Gasteiger partial charge in [0.1, 0.15) is 0 Å². The lowest BCUT2D eigenvalue weighted by Crippen LogP contribution is -2.05. The van der Waals surface area contributed by atoms with Crippen molar-refractivity contribution in [2.75, 3.05) is 14.2 Å². The maximum atomic E-state index is 11.2. The van der Waals surface area contributed by atoms with Crippen LogP contribution in [-0.2, 0) is 14.3 Å². The fourth-order valence-corrected chi connectivity index (χ4v) is 2.59. The van der Waals surface area contributed by atoms with Gasteiger partial charge in [-0.1, -0.05) is 37.3 Å². The molecule has 0 spiro atoms. The Bertz CT molecular complexity index is 476. The molecule has 0 unspecified atom stereocenters. The summed E-state index contributed by atoms with van der Waals surface area (Å²) in [5.41, 5.74) is 3.55. The summed E-state index contributed by atoms with van der Waals surface area (Å²) in [7, 11) is 3.13. The van der Waals surface area contributed by atoms with Crippen molar-refractivity contribution < 1.29 is 14.3 Å². The second kappa shape index (κ2) is 5.36. The van der Waals surface area contributed by atoms with Crippen molar-refractivity contribution >= 4 is 11.5 Å². The Labute approximate surface area is 107 Å². The van der Waals surface area contributed by atoms with Gasteiger partial charge in [0.25, 0.3) is 0 Å². The predicted molar refractivity (Wildman–Crippen MR) is 70.0 cm³/mol. The lowest BCUT2D eigenvalue weighted by atomic mass is 9.99. The number of esters is 1. The molecule has 0 heterocycles. The monoisotopic (exact) mass is 246 g/mol. The fourth-order valence-electron chi connectivity index (χ4n) is 2.59. The standard InChI is InChI=1S/C15H18O3/c1-10-11(8-9-14(16)17-2)12-6-4-5-7-13(12)15(10)18-3/h4-8,10,15H,9H2,1-3H3/b11-8+/t10-,15+/m0/s1. The molecule has 3 heteroatoms. The topological polar surface area (TPSA) is 35.5 Å². The summed E-state index contributed by atoms with van der Waals surface area (Å²) in [4.78, 5) is 11.2. The first-order chi connectivity index (χ1) is 8.69. The normalized spacial score (nSPS) is 24.1. The van der Waals surface area contributed by atoms with E-state index in [4.69, 9.17) is 4.74 Å². The predicted octanol–water partition coefficient (Wildman–Crippen LogP) is 2.97. The Morgan fingerprint density at radius 2 is 2.06 bits per heavy atom. The van der Waals surface area contributed by atoms with Crippen molar-refractivity contribution in [1.29, 1.82) is 0 Å². The van der Waals surface area contributed by atoms with Gasteiger partial charge < -0.3 is 9.47 Å². The molecule has 2 rings (SSSR count). The highest BCUT2D eigenvalue weighted by atomic mass is 16.5. The molecule has 18 heavy (non-hydrogen) atoms. The number of hydrogen-bond acceptors (Lipinski definition) is 3. The molecule has 3 nitrogen and oxygen atoms in total. The van der Waals surface area contributed by atoms with Crippen molar-refractivity contribution in [3.63, 3.8) is 0 Å². The first-order valence-corrected chi connectivity index (χ1v) is 6.08. The molecule has 0 saturated carbocycles. The molecule has 96 valence electrons. The SMILES string of the molecule is COC(=O)C/C=C1/c2ccccc2[C@H](OC)[C@H]1C. The van der Waals surface area contributed by atoms with E-state index in [0.29, 0.717) is 6.42 Å². The smallest absolute Gasteiger partial charge is 0.309 e. The largest absolute Gasteiger partial charge is 0.469 e. The van der Waals surface area contributed by atoms with Gasteiger partial charge in [0, 0.05) is 13.0 Å². The van der Waals surface area contributed by atoms with E-state index in [1.165, 1.54) is 23.8 Å². The number of hydrogen-bond donors (Lipinski definition) is 0. The summed E-state index contributed by atoms with van der Waals surface area (Å²) in [6, 6.07) is 8.18. The molecule has 0 saturated heterocycles. The highest BCUT2D eigenvalue weighted by Gasteiger charge is 2.33. The van der Waals surface area contributed by atoms with Gasteiger partial charge in [-0.15, -0.1) is 0 Å². The van der Waals surface area contributed by atoms with E-state index >= 15 is 0 Å². The number of fused-ring (bicyclic) bond motifs is 1. The zero-order valence-electron chi connectivity index (χ0n) is 11.0. The highest BCUT2D eigenvalue weighted by Crippen LogP contribution is 2.45. The van der Waals surface area contributed by atoms with Crippen molar-refractivity contribution in [1.82, 2.24) is 0 Å². The third-order valence-corrected chi connectivity index (χ3v) is 3.49. The van der Waals surface area contributed by atoms with Gasteiger partial charge in [0.05, 0.1) is 19.6 Å². The van der Waals surface area contributed by atoms with Crippen LogP contribution in [-0.4, -0.2) is 20.2 Å². The van der Waals surface area contributed by atoms with Crippen LogP contribution in [0, 0.1) is 5.92 Å². The second-order valence-corrected chi connectivity index (χ2v) is 4.47. The molecule has 1 aliphatic carbocycles. The number of rotatable bonds is 3. The van der Waals surface area contributed by atoms with E-state index < -0.39 is 0 Å². The second-order valence-electron chi connectivity index (χ2n) is 4.47. The van der Waals surface area contributed by atoms with Crippen LogP contribution < -0.4 is 0 Å². The van der Waals surface area contributed by atoms with Gasteiger partial charge in [0.15, 0.2) is 0 Å². The zero-order valence-corrected chi connectivity index (χ0v) is 11.0. The lowest BCUT2D eigenvalue weighted by molar-refractivity contribution is -0.139. The van der Waals surface area contributed by atoms with Crippen molar-refractivity contribution in [2.24, 2.45) is 5.92 Å². The van der Waals surface area contributed by atoms with E-state index in [1.807, 2.05) is 18.2 Å². The zero-order chi connectivity index (χ0) is 13.1. The van der Waals surface area contributed by atoms with Crippen LogP contribution in [0.4, 0.5) is 0 Å². The fraction of sp³-hybridized carbons (Fsp3) is 0.400. The summed E-state index contributed by atoms with van der Waals surface area (Å²) >= 11 is 0. The molecule has 0 aliphatic heterocycles. The van der Waals surface area contributed by atoms with Crippen LogP contribution in [0.5, 0.6) is 0 Å². The molecule has 0 amide bonds. The average molecular weight is 246 g/mol. The van der Waals surface area contributed by atoms with Crippen LogP contribution in [0.3, 0.4) is 0 Å². The summed E-state index contributed by atoms with van der Waals surface area (Å²) in [6.07, 6.45) is 2.33. The van der Waals surface area contributed by atoms with Gasteiger partial charge in [0.2, 0.25) is 0 Å². The van der Waals surface area contributed by atoms with Crippen LogP contribution in [0.2, 0.25) is 0 Å². The molecule has 2 atom stereocenters. The van der Waals surface area contributed by atoms with E-state index in [2.05, 4.69) is 23.8 Å². The Morgan fingerprint density at radius 1 is 1.33 bits per heavy atom. The Hall–Kier alpha value is -1.61. The number of ether oxygens (including phenoxy) is 2. The lowest BCUT2D eigenvalue weighted by Gasteiger charge is -2.15. The quantitative estimate of drug-likeness (QED) is 0.769. The molecule has 0 N–H and O–H groups in total. The van der Waals surface area contributed by atoms with Crippen LogP contribution in [0.25, 0.3) is 5.57 Å². The minimum absolute atomic E-state index is 0.0742. The van der Waals surface area contributed by atoms with Gasteiger partial charge in [-0.3, -0.25) is 4.79 Å². The summed E-state index contributed by atoms with van der Waals surface area (Å²) in [5, 5.41) is 0. The van der Waals surface area contributed by atoms with Crippen LogP contribution in [0.1, 0.15) is 30.6 Å². The van der Waals surface area contributed by atoms with Gasteiger partial charge in [-0.05, 0) is 16.7 Å². The number of carbonyl (C=O) groups is 1. The molecule has 0 fully saturated rings. The van der Waals surface area contributed by atoms with Crippen molar-refractivity contribution in [3.8, 4) is 0 Å². The third-order valence-electron chi connectivity index (χ3n) is 3.49. The Balaban J connectivity index is 2.34. The Morgan fingerprint density at radius 3 is 2.72 bits per heavy atom. The van der Waals surface area contributed by atoms with Gasteiger partial charge >= 0.3 is 5.97 Å². The van der Waals surface area contributed by atoms with Crippen LogP contribution >= 0.6 is 0 Å². The minimum atomic E-state index is -0.215. The molecule has 0 radical (unpaired) electrons. The van der Waals surface area contributed by atoms with Crippen molar-refractivity contribution in [2.45, 2.75) is 19.4 Å². The number of methoxy groups -OCH3 is 2. The molecule has 0 aromatic heterocycles. The van der Waals surface area contributed by atoms with Crippen molar-refractivity contribution in [3.05, 3.63) is 41.5 Å². The Kier molecular flexibility index (Phi) is 3.82. The summed E-state index contributed by atoms with van der Waals surface area (Å²) in [6.45, 7) is 2.12. The van der Waals surface area contributed by atoms with E-state index in [9.17, 15) is 4.79 Å².